The molecule has 0 aliphatic carbocycles. The minimum Gasteiger partial charge on any atom is -0.323 e. The van der Waals surface area contributed by atoms with E-state index in [-0.39, 0.29) is 11.8 Å². The van der Waals surface area contributed by atoms with Gasteiger partial charge in [0.25, 0.3) is 0 Å². The van der Waals surface area contributed by atoms with Crippen LogP contribution in [-0.4, -0.2) is 45.5 Å². The Labute approximate surface area is 110 Å². The van der Waals surface area contributed by atoms with Crippen LogP contribution in [0.25, 0.3) is 0 Å². The molecule has 0 heterocycles. The zero-order chi connectivity index (χ0) is 13.8. The summed E-state index contributed by atoms with van der Waals surface area (Å²) in [7, 11) is -1.02. The molecule has 1 unspecified atom stereocenters. The number of benzene rings is 1. The highest BCUT2D eigenvalue weighted by atomic mass is 32.2. The molecule has 0 spiro atoms. The average molecular weight is 270 g/mol. The molecule has 5 heteroatoms. The maximum atomic E-state index is 11.1. The fourth-order valence-electron chi connectivity index (χ4n) is 1.75. The standard InChI is InChI=1S/C13H22N2O2S/c1-11-5-4-6-12(9-11)13(14)10-15(2)7-8-18(3,16)17/h4-6,9,13H,7-8,10,14H2,1-3H3. The first-order valence-electron chi connectivity index (χ1n) is 5.96. The molecule has 1 aromatic carbocycles. The minimum absolute atomic E-state index is 0.0885. The molecular formula is C13H22N2O2S. The third kappa shape index (κ3) is 5.62. The van der Waals surface area contributed by atoms with Gasteiger partial charge in [0, 0.05) is 25.4 Å². The van der Waals surface area contributed by atoms with Gasteiger partial charge in [0.15, 0.2) is 0 Å². The Morgan fingerprint density at radius 2 is 2.06 bits per heavy atom. The van der Waals surface area contributed by atoms with Gasteiger partial charge in [-0.2, -0.15) is 0 Å². The number of aryl methyl sites for hydroxylation is 1. The maximum Gasteiger partial charge on any atom is 0.148 e. The Morgan fingerprint density at radius 3 is 2.61 bits per heavy atom. The molecular weight excluding hydrogens is 248 g/mol. The molecule has 4 nitrogen and oxygen atoms in total. The summed E-state index contributed by atoms with van der Waals surface area (Å²) in [6.07, 6.45) is 1.25. The topological polar surface area (TPSA) is 63.4 Å². The normalized spacial score (nSPS) is 13.8. The van der Waals surface area contributed by atoms with E-state index in [1.54, 1.807) is 0 Å². The van der Waals surface area contributed by atoms with E-state index in [1.807, 2.05) is 37.1 Å². The second-order valence-corrected chi connectivity index (χ2v) is 7.17. The number of nitrogens with two attached hydrogens (primary N) is 1. The molecule has 18 heavy (non-hydrogen) atoms. The van der Waals surface area contributed by atoms with Crippen molar-refractivity contribution in [2.75, 3.05) is 32.1 Å². The summed E-state index contributed by atoms with van der Waals surface area (Å²) < 4.78 is 22.2. The van der Waals surface area contributed by atoms with Crippen molar-refractivity contribution in [2.24, 2.45) is 5.73 Å². The largest absolute Gasteiger partial charge is 0.323 e. The van der Waals surface area contributed by atoms with Crippen molar-refractivity contribution >= 4 is 9.84 Å². The molecule has 2 N–H and O–H groups in total. The zero-order valence-corrected chi connectivity index (χ0v) is 12.1. The van der Waals surface area contributed by atoms with Crippen molar-refractivity contribution in [1.29, 1.82) is 0 Å². The molecule has 0 aromatic heterocycles. The van der Waals surface area contributed by atoms with E-state index >= 15 is 0 Å². The molecule has 0 saturated carbocycles. The van der Waals surface area contributed by atoms with E-state index in [0.717, 1.165) is 5.56 Å². The lowest BCUT2D eigenvalue weighted by Crippen LogP contribution is -2.32. The van der Waals surface area contributed by atoms with E-state index in [4.69, 9.17) is 5.73 Å². The van der Waals surface area contributed by atoms with Crippen LogP contribution in [0, 0.1) is 6.92 Å². The van der Waals surface area contributed by atoms with Crippen molar-refractivity contribution in [1.82, 2.24) is 4.90 Å². The van der Waals surface area contributed by atoms with Crippen LogP contribution in [0.5, 0.6) is 0 Å². The Balaban J connectivity index is 2.52. The van der Waals surface area contributed by atoms with Crippen LogP contribution >= 0.6 is 0 Å². The van der Waals surface area contributed by atoms with Gasteiger partial charge >= 0.3 is 0 Å². The van der Waals surface area contributed by atoms with E-state index in [1.165, 1.54) is 11.8 Å². The van der Waals surface area contributed by atoms with Crippen LogP contribution in [-0.2, 0) is 9.84 Å². The smallest absolute Gasteiger partial charge is 0.148 e. The molecule has 0 amide bonds. The molecule has 0 aliphatic heterocycles. The Hall–Kier alpha value is -0.910. The minimum atomic E-state index is -2.91. The molecule has 0 radical (unpaired) electrons. The van der Waals surface area contributed by atoms with Gasteiger partial charge in [-0.05, 0) is 19.5 Å². The van der Waals surface area contributed by atoms with Gasteiger partial charge in [0.1, 0.15) is 9.84 Å². The summed E-state index contributed by atoms with van der Waals surface area (Å²) in [6.45, 7) is 3.20. The first-order valence-corrected chi connectivity index (χ1v) is 8.02. The van der Waals surface area contributed by atoms with Crippen molar-refractivity contribution in [3.8, 4) is 0 Å². The molecule has 1 aromatic rings. The highest BCUT2D eigenvalue weighted by Crippen LogP contribution is 2.12. The van der Waals surface area contributed by atoms with Crippen LogP contribution < -0.4 is 5.73 Å². The summed E-state index contributed by atoms with van der Waals surface area (Å²) >= 11 is 0. The van der Waals surface area contributed by atoms with Gasteiger partial charge in [-0.1, -0.05) is 29.8 Å². The van der Waals surface area contributed by atoms with E-state index in [9.17, 15) is 8.42 Å². The van der Waals surface area contributed by atoms with Gasteiger partial charge < -0.3 is 10.6 Å². The number of rotatable bonds is 6. The monoisotopic (exact) mass is 270 g/mol. The number of sulfone groups is 1. The third-order valence-corrected chi connectivity index (χ3v) is 3.75. The molecule has 0 fully saturated rings. The maximum absolute atomic E-state index is 11.1. The predicted molar refractivity (Wildman–Crippen MR) is 75.3 cm³/mol. The van der Waals surface area contributed by atoms with Crippen LogP contribution in [0.3, 0.4) is 0 Å². The lowest BCUT2D eigenvalue weighted by molar-refractivity contribution is 0.329. The lowest BCUT2D eigenvalue weighted by Gasteiger charge is -2.21. The van der Waals surface area contributed by atoms with Crippen molar-refractivity contribution in [2.45, 2.75) is 13.0 Å². The molecule has 0 aliphatic rings. The summed E-state index contributed by atoms with van der Waals surface area (Å²) in [5.74, 6) is 0.171. The number of likely N-dealkylation sites (N-methyl/N-ethyl adjacent to an activating group) is 1. The van der Waals surface area contributed by atoms with Crippen LogP contribution in [0.4, 0.5) is 0 Å². The second-order valence-electron chi connectivity index (χ2n) is 4.91. The molecule has 0 bridgehead atoms. The third-order valence-electron chi connectivity index (χ3n) is 2.82. The van der Waals surface area contributed by atoms with Crippen LogP contribution in [0.15, 0.2) is 24.3 Å². The average Bonchev–Trinajstić information content (AvgIpc) is 2.25. The highest BCUT2D eigenvalue weighted by Gasteiger charge is 2.11. The Kier molecular flexibility index (Phi) is 5.31. The van der Waals surface area contributed by atoms with Gasteiger partial charge in [-0.15, -0.1) is 0 Å². The fraction of sp³-hybridized carbons (Fsp3) is 0.538. The van der Waals surface area contributed by atoms with Gasteiger partial charge in [0.2, 0.25) is 0 Å². The van der Waals surface area contributed by atoms with E-state index in [2.05, 4.69) is 6.07 Å². The summed E-state index contributed by atoms with van der Waals surface area (Å²) in [5.41, 5.74) is 8.38. The van der Waals surface area contributed by atoms with E-state index in [0.29, 0.717) is 13.1 Å². The Morgan fingerprint density at radius 1 is 1.39 bits per heavy atom. The first-order chi connectivity index (χ1) is 8.28. The van der Waals surface area contributed by atoms with Crippen LogP contribution in [0.1, 0.15) is 17.2 Å². The molecule has 1 rings (SSSR count). The molecule has 1 atom stereocenters. The van der Waals surface area contributed by atoms with Gasteiger partial charge in [-0.3, -0.25) is 0 Å². The van der Waals surface area contributed by atoms with Crippen LogP contribution in [0.2, 0.25) is 0 Å². The van der Waals surface area contributed by atoms with Gasteiger partial charge in [0.05, 0.1) is 5.75 Å². The number of hydrogen-bond acceptors (Lipinski definition) is 4. The predicted octanol–water partition coefficient (Wildman–Crippen LogP) is 0.971. The Bertz CT molecular complexity index is 486. The zero-order valence-electron chi connectivity index (χ0n) is 11.3. The van der Waals surface area contributed by atoms with Crippen molar-refractivity contribution in [3.63, 3.8) is 0 Å². The summed E-state index contributed by atoms with van der Waals surface area (Å²) in [4.78, 5) is 1.95. The number of nitrogens with zero attached hydrogens (tertiary/aromatic N) is 1. The van der Waals surface area contributed by atoms with Crippen molar-refractivity contribution in [3.05, 3.63) is 35.4 Å². The van der Waals surface area contributed by atoms with Crippen molar-refractivity contribution < 1.29 is 8.42 Å². The highest BCUT2D eigenvalue weighted by molar-refractivity contribution is 7.90. The first kappa shape index (κ1) is 15.1. The lowest BCUT2D eigenvalue weighted by atomic mass is 10.1. The quantitative estimate of drug-likeness (QED) is 0.836. The SMILES string of the molecule is Cc1cccc(C(N)CN(C)CCS(C)(=O)=O)c1. The van der Waals surface area contributed by atoms with Gasteiger partial charge in [-0.25, -0.2) is 8.42 Å². The molecule has 0 saturated heterocycles. The van der Waals surface area contributed by atoms with E-state index < -0.39 is 9.84 Å². The number of hydrogen-bond donors (Lipinski definition) is 1. The summed E-state index contributed by atoms with van der Waals surface area (Å²) in [6, 6.07) is 8.00. The fourth-order valence-corrected chi connectivity index (χ4v) is 2.40. The molecule has 102 valence electrons. The second kappa shape index (κ2) is 6.31. The summed E-state index contributed by atoms with van der Waals surface area (Å²) in [5, 5.41) is 0.